The maximum Gasteiger partial charge on any atom is 0.225 e. The number of nitrogen functional groups attached to an aromatic ring is 1. The van der Waals surface area contributed by atoms with Crippen molar-refractivity contribution in [2.45, 2.75) is 38.9 Å². The summed E-state index contributed by atoms with van der Waals surface area (Å²) in [6.07, 6.45) is 7.99. The van der Waals surface area contributed by atoms with Gasteiger partial charge in [-0.25, -0.2) is 24.3 Å². The van der Waals surface area contributed by atoms with E-state index < -0.39 is 0 Å². The molecule has 2 fully saturated rings. The zero-order valence-corrected chi connectivity index (χ0v) is 26.3. The molecule has 0 aliphatic carbocycles. The van der Waals surface area contributed by atoms with E-state index in [-0.39, 0.29) is 16.7 Å². The van der Waals surface area contributed by atoms with Gasteiger partial charge < -0.3 is 25.6 Å². The molecular formula is C31H40ClFN10O. The van der Waals surface area contributed by atoms with E-state index in [1.165, 1.54) is 6.33 Å². The molecule has 0 amide bonds. The van der Waals surface area contributed by atoms with Gasteiger partial charge in [-0.3, -0.25) is 9.80 Å². The van der Waals surface area contributed by atoms with E-state index in [1.807, 2.05) is 18.5 Å². The summed E-state index contributed by atoms with van der Waals surface area (Å²) in [5, 5.41) is 3.51. The second kappa shape index (κ2) is 13.2. The van der Waals surface area contributed by atoms with Gasteiger partial charge in [0.25, 0.3) is 0 Å². The zero-order chi connectivity index (χ0) is 30.8. The summed E-state index contributed by atoms with van der Waals surface area (Å²) in [6.45, 7) is 11.2. The SMILES string of the molecule is C[C@@H]1CN(c2cc(F)c(C3=CCCN(c4ncc(CN5CCOCC5)cn4)C3)cc2Nc2ncnc(Cl)c2N)C[C@H](C)N1C. The van der Waals surface area contributed by atoms with Crippen LogP contribution in [0.5, 0.6) is 0 Å². The topological polar surface area (TPSA) is 112 Å². The van der Waals surface area contributed by atoms with Crippen LogP contribution >= 0.6 is 11.6 Å². The van der Waals surface area contributed by atoms with Crippen molar-refractivity contribution < 1.29 is 9.13 Å². The highest BCUT2D eigenvalue weighted by Crippen LogP contribution is 2.38. The fourth-order valence-electron chi connectivity index (χ4n) is 6.09. The molecule has 0 radical (unpaired) electrons. The highest BCUT2D eigenvalue weighted by atomic mass is 35.5. The number of anilines is 5. The third-order valence-electron chi connectivity index (χ3n) is 8.86. The maximum atomic E-state index is 16.1. The summed E-state index contributed by atoms with van der Waals surface area (Å²) >= 11 is 6.21. The van der Waals surface area contributed by atoms with Crippen LogP contribution in [0.15, 0.2) is 36.9 Å². The van der Waals surface area contributed by atoms with E-state index in [1.54, 1.807) is 6.07 Å². The molecule has 234 valence electrons. The average Bonchev–Trinajstić information content (AvgIpc) is 3.03. The van der Waals surface area contributed by atoms with Gasteiger partial charge in [0.2, 0.25) is 5.95 Å². The molecule has 11 nitrogen and oxygen atoms in total. The standard InChI is InChI=1S/C31H40ClFN10O/c1-20-15-43(16-21(2)40(20)3)27-12-25(33)24(11-26(27)39-30-28(34)29(32)37-19-38-30)23-5-4-6-42(18-23)31-35-13-22(14-36-31)17-41-7-9-44-10-8-41/h5,11-14,19-21H,4,6-10,15-18,34H2,1-3H3,(H,37,38,39)/t20-,21+. The van der Waals surface area contributed by atoms with Crippen LogP contribution in [0.1, 0.15) is 31.4 Å². The van der Waals surface area contributed by atoms with Gasteiger partial charge in [0, 0.05) is 81.4 Å². The Morgan fingerprint density at radius 1 is 1.02 bits per heavy atom. The summed E-state index contributed by atoms with van der Waals surface area (Å²) in [6, 6.07) is 4.07. The molecule has 0 bridgehead atoms. The number of morpholine rings is 1. The van der Waals surface area contributed by atoms with Gasteiger partial charge in [0.1, 0.15) is 17.8 Å². The van der Waals surface area contributed by atoms with Crippen LogP contribution in [0.3, 0.4) is 0 Å². The predicted molar refractivity (Wildman–Crippen MR) is 173 cm³/mol. The molecule has 1 aromatic carbocycles. The van der Waals surface area contributed by atoms with Crippen LogP contribution in [0.2, 0.25) is 5.15 Å². The molecule has 2 saturated heterocycles. The number of aromatic nitrogens is 4. The number of rotatable bonds is 7. The first-order valence-corrected chi connectivity index (χ1v) is 15.5. The van der Waals surface area contributed by atoms with Gasteiger partial charge in [-0.15, -0.1) is 0 Å². The highest BCUT2D eigenvalue weighted by Gasteiger charge is 2.30. The lowest BCUT2D eigenvalue weighted by Crippen LogP contribution is -2.55. The molecule has 44 heavy (non-hydrogen) atoms. The minimum absolute atomic E-state index is 0.162. The number of nitrogens with zero attached hydrogens (tertiary/aromatic N) is 8. The molecule has 0 unspecified atom stereocenters. The Balaban J connectivity index is 1.27. The summed E-state index contributed by atoms with van der Waals surface area (Å²) < 4.78 is 21.5. The Morgan fingerprint density at radius 3 is 2.48 bits per heavy atom. The van der Waals surface area contributed by atoms with E-state index in [0.717, 1.165) is 75.7 Å². The minimum atomic E-state index is -0.284. The Kier molecular flexibility index (Phi) is 9.13. The van der Waals surface area contributed by atoms with Crippen LogP contribution in [0.4, 0.5) is 33.2 Å². The average molecular weight is 623 g/mol. The molecule has 3 aliphatic heterocycles. The lowest BCUT2D eigenvalue weighted by molar-refractivity contribution is 0.0341. The molecule has 0 saturated carbocycles. The number of ether oxygens (including phenoxy) is 1. The Morgan fingerprint density at radius 2 is 1.75 bits per heavy atom. The molecule has 5 heterocycles. The number of halogens is 2. The van der Waals surface area contributed by atoms with Crippen molar-refractivity contribution in [2.24, 2.45) is 0 Å². The van der Waals surface area contributed by atoms with Gasteiger partial charge in [-0.05, 0) is 45.0 Å². The summed E-state index contributed by atoms with van der Waals surface area (Å²) in [4.78, 5) is 26.7. The lowest BCUT2D eigenvalue weighted by atomic mass is 9.98. The molecule has 3 aliphatic rings. The van der Waals surface area contributed by atoms with Crippen LogP contribution in [-0.4, -0.2) is 101 Å². The molecule has 3 N–H and O–H groups in total. The molecule has 13 heteroatoms. The number of benzene rings is 1. The molecule has 6 rings (SSSR count). The van der Waals surface area contributed by atoms with Crippen molar-refractivity contribution in [3.8, 4) is 0 Å². The molecule has 3 aromatic rings. The van der Waals surface area contributed by atoms with Crippen molar-refractivity contribution in [3.63, 3.8) is 0 Å². The first-order chi connectivity index (χ1) is 21.3. The second-order valence-electron chi connectivity index (χ2n) is 11.9. The summed E-state index contributed by atoms with van der Waals surface area (Å²) in [7, 11) is 2.13. The number of piperazine rings is 1. The van der Waals surface area contributed by atoms with Gasteiger partial charge in [0.05, 0.1) is 24.6 Å². The van der Waals surface area contributed by atoms with Crippen molar-refractivity contribution in [2.75, 3.05) is 80.4 Å². The maximum absolute atomic E-state index is 16.1. The van der Waals surface area contributed by atoms with Gasteiger partial charge in [-0.2, -0.15) is 0 Å². The second-order valence-corrected chi connectivity index (χ2v) is 12.2. The molecule has 2 atom stereocenters. The van der Waals surface area contributed by atoms with Crippen LogP contribution < -0.4 is 20.9 Å². The third-order valence-corrected chi connectivity index (χ3v) is 9.16. The van der Waals surface area contributed by atoms with E-state index >= 15 is 4.39 Å². The van der Waals surface area contributed by atoms with Crippen LogP contribution in [-0.2, 0) is 11.3 Å². The predicted octanol–water partition coefficient (Wildman–Crippen LogP) is 4.04. The highest BCUT2D eigenvalue weighted by molar-refractivity contribution is 6.32. The van der Waals surface area contributed by atoms with Gasteiger partial charge in [0.15, 0.2) is 11.0 Å². The van der Waals surface area contributed by atoms with E-state index in [9.17, 15) is 0 Å². The van der Waals surface area contributed by atoms with Crippen LogP contribution in [0.25, 0.3) is 5.57 Å². The van der Waals surface area contributed by atoms with Crippen LogP contribution in [0, 0.1) is 5.82 Å². The van der Waals surface area contributed by atoms with E-state index in [0.29, 0.717) is 41.6 Å². The number of hydrogen-bond donors (Lipinski definition) is 2. The first kappa shape index (κ1) is 30.4. The molecular weight excluding hydrogens is 583 g/mol. The fourth-order valence-corrected chi connectivity index (χ4v) is 6.23. The smallest absolute Gasteiger partial charge is 0.225 e. The summed E-state index contributed by atoms with van der Waals surface area (Å²) in [5.74, 6) is 0.734. The number of nitrogens with two attached hydrogens (primary N) is 1. The summed E-state index contributed by atoms with van der Waals surface area (Å²) in [5.41, 5.74) is 10.4. The largest absolute Gasteiger partial charge is 0.393 e. The minimum Gasteiger partial charge on any atom is -0.393 e. The normalized spacial score (nSPS) is 21.8. The van der Waals surface area contributed by atoms with Crippen molar-refractivity contribution in [3.05, 3.63) is 59.0 Å². The monoisotopic (exact) mass is 622 g/mol. The first-order valence-electron chi connectivity index (χ1n) is 15.2. The fraction of sp³-hybridized carbons (Fsp3) is 0.484. The lowest BCUT2D eigenvalue weighted by Gasteiger charge is -2.44. The Hall–Kier alpha value is -3.58. The zero-order valence-electron chi connectivity index (χ0n) is 25.5. The Bertz CT molecular complexity index is 1490. The number of hydrogen-bond acceptors (Lipinski definition) is 11. The van der Waals surface area contributed by atoms with Crippen molar-refractivity contribution >= 4 is 46.0 Å². The Labute approximate surface area is 262 Å². The van der Waals surface area contributed by atoms with Gasteiger partial charge >= 0.3 is 0 Å². The van der Waals surface area contributed by atoms with Crippen molar-refractivity contribution in [1.29, 1.82) is 0 Å². The van der Waals surface area contributed by atoms with E-state index in [4.69, 9.17) is 22.1 Å². The van der Waals surface area contributed by atoms with Gasteiger partial charge in [-0.1, -0.05) is 17.7 Å². The molecule has 0 spiro atoms. The quantitative estimate of drug-likeness (QED) is 0.372. The number of likely N-dealkylation sites (N-methyl/N-ethyl adjacent to an activating group) is 1. The number of nitrogens with one attached hydrogen (secondary N) is 1. The van der Waals surface area contributed by atoms with Crippen molar-refractivity contribution in [1.82, 2.24) is 29.7 Å². The van der Waals surface area contributed by atoms with E-state index in [2.05, 4.69) is 71.8 Å². The molecule has 2 aromatic heterocycles. The third kappa shape index (κ3) is 6.58.